The highest BCUT2D eigenvalue weighted by Gasteiger charge is 2.27. The molecular weight excluding hydrogens is 596 g/mol. The van der Waals surface area contributed by atoms with Crippen molar-refractivity contribution in [2.45, 2.75) is 56.7 Å². The maximum Gasteiger partial charge on any atom is 0.243 e. The van der Waals surface area contributed by atoms with Crippen LogP contribution in [0, 0.1) is 0 Å². The Morgan fingerprint density at radius 1 is 0.778 bits per heavy atom. The van der Waals surface area contributed by atoms with Crippen LogP contribution in [-0.4, -0.2) is 60.1 Å². The molecule has 0 saturated heterocycles. The van der Waals surface area contributed by atoms with Crippen LogP contribution < -0.4 is 32.3 Å². The van der Waals surface area contributed by atoms with Crippen molar-refractivity contribution >= 4 is 52.5 Å². The largest absolute Gasteiger partial charge is 0.368 e. The van der Waals surface area contributed by atoms with Crippen molar-refractivity contribution in [2.24, 2.45) is 5.73 Å². The van der Waals surface area contributed by atoms with Gasteiger partial charge in [-0.1, -0.05) is 48.5 Å². The van der Waals surface area contributed by atoms with Crippen LogP contribution in [-0.2, 0) is 48.0 Å². The van der Waals surface area contributed by atoms with Gasteiger partial charge in [0.2, 0.25) is 35.4 Å². The van der Waals surface area contributed by atoms with E-state index >= 15 is 0 Å². The number of aryl methyl sites for hydroxylation is 1. The molecule has 0 saturated carbocycles. The lowest BCUT2D eigenvalue weighted by atomic mass is 10.0. The number of amides is 6. The summed E-state index contributed by atoms with van der Waals surface area (Å²) in [6.45, 7) is -0.460. The third kappa shape index (κ3) is 10.6. The fourth-order valence-electron chi connectivity index (χ4n) is 4.77. The molecule has 2 bridgehead atoms. The van der Waals surface area contributed by atoms with E-state index in [1.54, 1.807) is 24.3 Å². The van der Waals surface area contributed by atoms with E-state index in [0.717, 1.165) is 10.4 Å². The zero-order valence-corrected chi connectivity index (χ0v) is 25.4. The zero-order chi connectivity index (χ0) is 32.2. The molecule has 3 atom stereocenters. The normalized spacial score (nSPS) is 20.5. The second kappa shape index (κ2) is 16.1. The van der Waals surface area contributed by atoms with Gasteiger partial charge >= 0.3 is 0 Å². The Kier molecular flexibility index (Phi) is 11.8. The summed E-state index contributed by atoms with van der Waals surface area (Å²) < 4.78 is 0. The maximum atomic E-state index is 13.4. The number of thiophene rings is 1. The van der Waals surface area contributed by atoms with Gasteiger partial charge in [0.05, 0.1) is 6.54 Å². The lowest BCUT2D eigenvalue weighted by Crippen LogP contribution is -2.55. The number of anilines is 1. The van der Waals surface area contributed by atoms with Crippen molar-refractivity contribution in [3.8, 4) is 0 Å². The molecule has 0 aliphatic carbocycles. The van der Waals surface area contributed by atoms with Gasteiger partial charge < -0.3 is 32.3 Å². The summed E-state index contributed by atoms with van der Waals surface area (Å²) >= 11 is 1.41. The van der Waals surface area contributed by atoms with Gasteiger partial charge in [-0.25, -0.2) is 0 Å². The van der Waals surface area contributed by atoms with Crippen LogP contribution in [0.1, 0.15) is 35.3 Å². The first kappa shape index (κ1) is 32.9. The van der Waals surface area contributed by atoms with Crippen LogP contribution in [0.2, 0.25) is 0 Å². The Balaban J connectivity index is 1.56. The molecule has 5 rings (SSSR count). The van der Waals surface area contributed by atoms with Gasteiger partial charge in [-0.3, -0.25) is 28.8 Å². The average molecular weight is 633 g/mol. The van der Waals surface area contributed by atoms with Gasteiger partial charge in [0.25, 0.3) is 0 Å². The Hall–Kier alpha value is -5.04. The molecule has 12 nitrogen and oxygen atoms in total. The second-order valence-corrected chi connectivity index (χ2v) is 11.7. The predicted molar refractivity (Wildman–Crippen MR) is 169 cm³/mol. The molecule has 2 aliphatic heterocycles. The molecule has 0 unspecified atom stereocenters. The third-order valence-electron chi connectivity index (χ3n) is 7.19. The van der Waals surface area contributed by atoms with E-state index in [1.807, 2.05) is 47.8 Å². The highest BCUT2D eigenvalue weighted by molar-refractivity contribution is 7.09. The molecule has 0 radical (unpaired) electrons. The van der Waals surface area contributed by atoms with Crippen molar-refractivity contribution in [1.82, 2.24) is 21.3 Å². The van der Waals surface area contributed by atoms with E-state index in [2.05, 4.69) is 26.6 Å². The molecule has 7 N–H and O–H groups in total. The number of fused-ring (bicyclic) bond motifs is 18. The number of hydrogen-bond donors (Lipinski definition) is 6. The standard InChI is InChI=1S/C32H36N6O6S/c33-30(42)25-17-21-8-11-22(12-9-21)35-27(39)14-15-28(40)37-26(18-23-7-4-16-45-23)31(43)34-19-29(41)36-24(32(44)38-25)13-10-20-5-2-1-3-6-20/h1-9,11-12,16,24-26H,10,13-15,17-19H2,(H2,33,42)(H,34,43)(H,35,39)(H,36,41)(H,37,40)(H,38,44)/t24-,25+,26-/m1/s1. The Morgan fingerprint density at radius 2 is 1.49 bits per heavy atom. The zero-order valence-electron chi connectivity index (χ0n) is 24.5. The predicted octanol–water partition coefficient (Wildman–Crippen LogP) is 0.954. The fraction of sp³-hybridized carbons (Fsp3) is 0.312. The lowest BCUT2D eigenvalue weighted by Gasteiger charge is -2.23. The van der Waals surface area contributed by atoms with E-state index in [1.165, 1.54) is 11.3 Å². The third-order valence-corrected chi connectivity index (χ3v) is 8.09. The molecule has 0 fully saturated rings. The summed E-state index contributed by atoms with van der Waals surface area (Å²) in [7, 11) is 0. The molecule has 2 aliphatic rings. The second-order valence-electron chi connectivity index (χ2n) is 10.7. The van der Waals surface area contributed by atoms with Crippen molar-refractivity contribution in [1.29, 1.82) is 0 Å². The minimum Gasteiger partial charge on any atom is -0.368 e. The molecule has 0 spiro atoms. The Morgan fingerprint density at radius 3 is 2.18 bits per heavy atom. The van der Waals surface area contributed by atoms with E-state index in [9.17, 15) is 28.8 Å². The fourth-order valence-corrected chi connectivity index (χ4v) is 5.52. The first-order valence-electron chi connectivity index (χ1n) is 14.6. The van der Waals surface area contributed by atoms with Crippen molar-refractivity contribution in [2.75, 3.05) is 11.9 Å². The number of benzene rings is 2. The van der Waals surface area contributed by atoms with Crippen molar-refractivity contribution < 1.29 is 28.8 Å². The number of hydrogen-bond acceptors (Lipinski definition) is 7. The van der Waals surface area contributed by atoms with E-state index in [4.69, 9.17) is 5.73 Å². The minimum absolute atomic E-state index is 0.0799. The van der Waals surface area contributed by atoms with E-state index in [0.29, 0.717) is 17.7 Å². The average Bonchev–Trinajstić information content (AvgIpc) is 3.54. The SMILES string of the molecule is NC(=O)[C@@H]1Cc2ccc(cc2)NC(=O)CCC(=O)N[C@H](Cc2cccs2)C(=O)NCC(=O)N[C@H](CCc2ccccc2)C(=O)N1. The van der Waals surface area contributed by atoms with Crippen molar-refractivity contribution in [3.63, 3.8) is 0 Å². The summed E-state index contributed by atoms with van der Waals surface area (Å²) in [5.41, 5.74) is 7.72. The van der Waals surface area contributed by atoms with Crippen LogP contribution in [0.5, 0.6) is 0 Å². The van der Waals surface area contributed by atoms with Gasteiger partial charge in [0.15, 0.2) is 0 Å². The van der Waals surface area contributed by atoms with Gasteiger partial charge in [0, 0.05) is 36.2 Å². The van der Waals surface area contributed by atoms with Gasteiger partial charge in [-0.05, 0) is 47.5 Å². The summed E-state index contributed by atoms with van der Waals surface area (Å²) in [5, 5.41) is 15.1. The molecule has 13 heteroatoms. The number of rotatable bonds is 6. The molecule has 3 aromatic rings. The first-order chi connectivity index (χ1) is 21.7. The highest BCUT2D eigenvalue weighted by atomic mass is 32.1. The monoisotopic (exact) mass is 632 g/mol. The molecule has 3 heterocycles. The molecular formula is C32H36N6O6S. The van der Waals surface area contributed by atoms with Crippen LogP contribution >= 0.6 is 11.3 Å². The van der Waals surface area contributed by atoms with E-state index < -0.39 is 60.1 Å². The number of carbonyl (C=O) groups excluding carboxylic acids is 6. The van der Waals surface area contributed by atoms with Gasteiger partial charge in [0.1, 0.15) is 18.1 Å². The van der Waals surface area contributed by atoms with E-state index in [-0.39, 0.29) is 32.1 Å². The summed E-state index contributed by atoms with van der Waals surface area (Å²) in [5.74, 6) is -3.49. The molecule has 45 heavy (non-hydrogen) atoms. The van der Waals surface area contributed by atoms with Gasteiger partial charge in [-0.15, -0.1) is 11.3 Å². The Bertz CT molecular complexity index is 1500. The molecule has 6 amide bonds. The van der Waals surface area contributed by atoms with Crippen LogP contribution in [0.4, 0.5) is 5.69 Å². The molecule has 236 valence electrons. The molecule has 2 aromatic carbocycles. The quantitative estimate of drug-likeness (QED) is 0.220. The summed E-state index contributed by atoms with van der Waals surface area (Å²) in [6.07, 6.45) is 0.656. The minimum atomic E-state index is -1.07. The van der Waals surface area contributed by atoms with Crippen LogP contribution in [0.15, 0.2) is 72.1 Å². The summed E-state index contributed by atoms with van der Waals surface area (Å²) in [6, 6.07) is 16.6. The number of nitrogens with two attached hydrogens (primary N) is 1. The van der Waals surface area contributed by atoms with Crippen LogP contribution in [0.25, 0.3) is 0 Å². The van der Waals surface area contributed by atoms with Gasteiger partial charge in [-0.2, -0.15) is 0 Å². The highest BCUT2D eigenvalue weighted by Crippen LogP contribution is 2.14. The smallest absolute Gasteiger partial charge is 0.243 e. The first-order valence-corrected chi connectivity index (χ1v) is 15.5. The lowest BCUT2D eigenvalue weighted by molar-refractivity contribution is -0.132. The van der Waals surface area contributed by atoms with Crippen molar-refractivity contribution in [3.05, 3.63) is 88.1 Å². The molecule has 1 aromatic heterocycles. The number of carbonyl (C=O) groups is 6. The maximum absolute atomic E-state index is 13.4. The van der Waals surface area contributed by atoms with Crippen LogP contribution in [0.3, 0.4) is 0 Å². The number of primary amides is 1. The Labute approximate surface area is 264 Å². The number of nitrogens with one attached hydrogen (secondary N) is 5. The topological polar surface area (TPSA) is 189 Å². The summed E-state index contributed by atoms with van der Waals surface area (Å²) in [4.78, 5) is 78.0.